The van der Waals surface area contributed by atoms with Gasteiger partial charge in [0.05, 0.1) is 18.1 Å². The Kier molecular flexibility index (Phi) is 8.41. The summed E-state index contributed by atoms with van der Waals surface area (Å²) in [7, 11) is 0. The lowest BCUT2D eigenvalue weighted by Gasteiger charge is -2.38. The Hall–Kier alpha value is -3.19. The van der Waals surface area contributed by atoms with E-state index in [1.54, 1.807) is 6.07 Å². The lowest BCUT2D eigenvalue weighted by Crippen LogP contribution is -2.45. The highest BCUT2D eigenvalue weighted by molar-refractivity contribution is 5.57. The quantitative estimate of drug-likeness (QED) is 0.378. The van der Waals surface area contributed by atoms with E-state index >= 15 is 0 Å². The molecule has 1 aromatic carbocycles. The van der Waals surface area contributed by atoms with Crippen molar-refractivity contribution in [3.63, 3.8) is 0 Å². The van der Waals surface area contributed by atoms with Gasteiger partial charge < -0.3 is 20.1 Å². The fourth-order valence-electron chi connectivity index (χ4n) is 4.67. The second kappa shape index (κ2) is 11.7. The molecule has 1 aliphatic carbocycles. The average molecular weight is 511 g/mol. The number of hydrogen-bond donors (Lipinski definition) is 2. The molecule has 0 unspecified atom stereocenters. The van der Waals surface area contributed by atoms with Crippen LogP contribution in [0.4, 0.5) is 30.6 Å². The Bertz CT molecular complexity index is 1030. The van der Waals surface area contributed by atoms with Gasteiger partial charge in [-0.25, -0.2) is 4.98 Å². The molecule has 2 aromatic rings. The van der Waals surface area contributed by atoms with Gasteiger partial charge in [0, 0.05) is 37.8 Å². The predicted molar refractivity (Wildman–Crippen MR) is 126 cm³/mol. The summed E-state index contributed by atoms with van der Waals surface area (Å²) in [6.07, 6.45) is 0.433. The number of nitro groups is 1. The third-order valence-electron chi connectivity index (χ3n) is 6.54. The van der Waals surface area contributed by atoms with Crippen LogP contribution in [0.25, 0.3) is 0 Å². The zero-order chi connectivity index (χ0) is 25.5. The summed E-state index contributed by atoms with van der Waals surface area (Å²) in [6, 6.07) is 6.26. The van der Waals surface area contributed by atoms with E-state index in [9.17, 15) is 23.3 Å². The number of hydrogen-bond acceptors (Lipinski definition) is 9. The Labute approximate surface area is 206 Å². The van der Waals surface area contributed by atoms with E-state index < -0.39 is 11.3 Å². The van der Waals surface area contributed by atoms with E-state index in [1.165, 1.54) is 18.2 Å². The molecular weight excluding hydrogens is 481 g/mol. The van der Waals surface area contributed by atoms with E-state index in [0.717, 1.165) is 58.2 Å². The number of aromatic nitrogens is 2. The van der Waals surface area contributed by atoms with Crippen LogP contribution in [-0.4, -0.2) is 65.0 Å². The average Bonchev–Trinajstić information content (AvgIpc) is 2.87. The molecule has 0 spiro atoms. The van der Waals surface area contributed by atoms with Crippen molar-refractivity contribution in [2.24, 2.45) is 5.92 Å². The van der Waals surface area contributed by atoms with Crippen molar-refractivity contribution in [3.8, 4) is 5.75 Å². The highest BCUT2D eigenvalue weighted by atomic mass is 19.4. The molecule has 1 aromatic heterocycles. The number of para-hydroxylation sites is 1. The standard InChI is InChI=1S/C23H29F3N6O4/c24-23(25,26)36-20-4-2-1-3-17(20)14-28-22-29-15-19(32(33)34)21(30-22)27-13-16-5-7-18(8-6-16)31-9-11-35-12-10-31/h1-4,15-16,18H,5-14H2,(H2,27,28,29,30)/t16-,18-. The van der Waals surface area contributed by atoms with Gasteiger partial charge in [-0.15, -0.1) is 13.2 Å². The van der Waals surface area contributed by atoms with Crippen molar-refractivity contribution in [3.05, 3.63) is 46.1 Å². The monoisotopic (exact) mass is 510 g/mol. The van der Waals surface area contributed by atoms with E-state index in [2.05, 4.69) is 30.2 Å². The van der Waals surface area contributed by atoms with Gasteiger partial charge in [-0.3, -0.25) is 15.0 Å². The van der Waals surface area contributed by atoms with Crippen LogP contribution < -0.4 is 15.4 Å². The highest BCUT2D eigenvalue weighted by Crippen LogP contribution is 2.30. The third kappa shape index (κ3) is 7.17. The summed E-state index contributed by atoms with van der Waals surface area (Å²) < 4.78 is 47.5. The fraction of sp³-hybridized carbons (Fsp3) is 0.565. The van der Waals surface area contributed by atoms with E-state index in [4.69, 9.17) is 4.74 Å². The summed E-state index contributed by atoms with van der Waals surface area (Å²) in [6.45, 7) is 3.95. The predicted octanol–water partition coefficient (Wildman–Crippen LogP) is 4.20. The number of morpholine rings is 1. The van der Waals surface area contributed by atoms with Crippen molar-refractivity contribution >= 4 is 17.5 Å². The smallest absolute Gasteiger partial charge is 0.405 e. The molecule has 0 bridgehead atoms. The Balaban J connectivity index is 1.35. The van der Waals surface area contributed by atoms with Crippen molar-refractivity contribution in [2.75, 3.05) is 43.5 Å². The lowest BCUT2D eigenvalue weighted by molar-refractivity contribution is -0.384. The van der Waals surface area contributed by atoms with Crippen LogP contribution in [0.3, 0.4) is 0 Å². The molecule has 0 amide bonds. The summed E-state index contributed by atoms with van der Waals surface area (Å²) in [5.41, 5.74) is -0.0216. The van der Waals surface area contributed by atoms with Crippen LogP contribution in [0.2, 0.25) is 0 Å². The van der Waals surface area contributed by atoms with Crippen molar-refractivity contribution in [1.29, 1.82) is 0 Å². The minimum absolute atomic E-state index is 0.0564. The van der Waals surface area contributed by atoms with Crippen molar-refractivity contribution in [2.45, 2.75) is 44.6 Å². The molecule has 2 heterocycles. The topological polar surface area (TPSA) is 115 Å². The van der Waals surface area contributed by atoms with Gasteiger partial charge in [0.15, 0.2) is 0 Å². The van der Waals surface area contributed by atoms with Gasteiger partial charge >= 0.3 is 12.0 Å². The molecule has 1 aliphatic heterocycles. The molecule has 13 heteroatoms. The number of benzene rings is 1. The first kappa shape index (κ1) is 25.9. The molecule has 0 atom stereocenters. The Morgan fingerprint density at radius 3 is 2.56 bits per heavy atom. The van der Waals surface area contributed by atoms with E-state index in [1.807, 2.05) is 0 Å². The van der Waals surface area contributed by atoms with Crippen LogP contribution in [0.15, 0.2) is 30.5 Å². The van der Waals surface area contributed by atoms with Crippen LogP contribution in [0, 0.1) is 16.0 Å². The first-order valence-electron chi connectivity index (χ1n) is 11.9. The molecule has 2 N–H and O–H groups in total. The molecular formula is C23H29F3N6O4. The first-order chi connectivity index (χ1) is 17.3. The van der Waals surface area contributed by atoms with Crippen molar-refractivity contribution < 1.29 is 27.6 Å². The maximum absolute atomic E-state index is 12.7. The molecule has 4 rings (SSSR count). The molecule has 1 saturated heterocycles. The minimum atomic E-state index is -4.82. The second-order valence-corrected chi connectivity index (χ2v) is 8.90. The van der Waals surface area contributed by atoms with Crippen LogP contribution in [-0.2, 0) is 11.3 Å². The number of ether oxygens (including phenoxy) is 2. The number of alkyl halides is 3. The molecule has 2 fully saturated rings. The van der Waals surface area contributed by atoms with Gasteiger partial charge in [0.1, 0.15) is 11.9 Å². The summed E-state index contributed by atoms with van der Waals surface area (Å²) in [5.74, 6) is 0.152. The normalized spacial score (nSPS) is 21.1. The zero-order valence-electron chi connectivity index (χ0n) is 19.7. The van der Waals surface area contributed by atoms with E-state index in [-0.39, 0.29) is 35.3 Å². The fourth-order valence-corrected chi connectivity index (χ4v) is 4.67. The molecule has 10 nitrogen and oxygen atoms in total. The summed E-state index contributed by atoms with van der Waals surface area (Å²) >= 11 is 0. The van der Waals surface area contributed by atoms with Crippen LogP contribution in [0.5, 0.6) is 5.75 Å². The molecule has 1 saturated carbocycles. The minimum Gasteiger partial charge on any atom is -0.405 e. The van der Waals surface area contributed by atoms with Crippen LogP contribution in [0.1, 0.15) is 31.2 Å². The number of rotatable bonds is 9. The van der Waals surface area contributed by atoms with Crippen LogP contribution >= 0.6 is 0 Å². The van der Waals surface area contributed by atoms with Gasteiger partial charge in [-0.1, -0.05) is 18.2 Å². The maximum atomic E-state index is 12.7. The van der Waals surface area contributed by atoms with Gasteiger partial charge in [0.2, 0.25) is 11.8 Å². The number of halogens is 3. The molecule has 196 valence electrons. The Morgan fingerprint density at radius 2 is 1.86 bits per heavy atom. The largest absolute Gasteiger partial charge is 0.573 e. The third-order valence-corrected chi connectivity index (χ3v) is 6.54. The SMILES string of the molecule is O=[N+]([O-])c1cnc(NCc2ccccc2OC(F)(F)F)nc1NC[C@H]1CC[C@H](N2CCOCC2)CC1. The molecule has 2 aliphatic rings. The van der Waals surface area contributed by atoms with Gasteiger partial charge in [0.25, 0.3) is 0 Å². The number of nitrogens with zero attached hydrogens (tertiary/aromatic N) is 4. The van der Waals surface area contributed by atoms with Gasteiger partial charge in [-0.05, 0) is 37.7 Å². The second-order valence-electron chi connectivity index (χ2n) is 8.90. The zero-order valence-corrected chi connectivity index (χ0v) is 19.7. The van der Waals surface area contributed by atoms with Gasteiger partial charge in [-0.2, -0.15) is 4.98 Å². The van der Waals surface area contributed by atoms with Crippen molar-refractivity contribution in [1.82, 2.24) is 14.9 Å². The summed E-state index contributed by atoms with van der Waals surface area (Å²) in [5, 5.41) is 17.4. The lowest BCUT2D eigenvalue weighted by atomic mass is 9.85. The van der Waals surface area contributed by atoms with E-state index in [0.29, 0.717) is 18.5 Å². The number of nitrogens with one attached hydrogen (secondary N) is 2. The maximum Gasteiger partial charge on any atom is 0.573 e. The number of anilines is 2. The Morgan fingerprint density at radius 1 is 1.14 bits per heavy atom. The molecule has 0 radical (unpaired) electrons. The molecule has 36 heavy (non-hydrogen) atoms. The first-order valence-corrected chi connectivity index (χ1v) is 11.9. The summed E-state index contributed by atoms with van der Waals surface area (Å²) in [4.78, 5) is 21.6. The highest BCUT2D eigenvalue weighted by Gasteiger charge is 2.32.